The maximum atomic E-state index is 12.4. The highest BCUT2D eigenvalue weighted by Gasteiger charge is 2.33. The number of benzene rings is 1. The van der Waals surface area contributed by atoms with E-state index in [1.165, 1.54) is 0 Å². The summed E-state index contributed by atoms with van der Waals surface area (Å²) in [6.07, 6.45) is 1.23. The molecule has 0 bridgehead atoms. The molecule has 1 amide bonds. The molecular formula is C14H19NO2. The van der Waals surface area contributed by atoms with Crippen LogP contribution in [0.15, 0.2) is 24.3 Å². The number of nitrogens with zero attached hydrogens (tertiary/aromatic N) is 1. The Morgan fingerprint density at radius 3 is 2.82 bits per heavy atom. The van der Waals surface area contributed by atoms with Gasteiger partial charge in [-0.05, 0) is 31.4 Å². The molecule has 1 fully saturated rings. The quantitative estimate of drug-likeness (QED) is 0.848. The smallest absolute Gasteiger partial charge is 0.254 e. The van der Waals surface area contributed by atoms with Crippen LogP contribution in [0.25, 0.3) is 0 Å². The van der Waals surface area contributed by atoms with Gasteiger partial charge in [-0.25, -0.2) is 0 Å². The first-order valence-electron chi connectivity index (χ1n) is 6.18. The maximum absolute atomic E-state index is 12.4. The number of amides is 1. The number of aliphatic hydroxyl groups excluding tert-OH is 1. The van der Waals surface area contributed by atoms with Crippen molar-refractivity contribution in [3.63, 3.8) is 0 Å². The molecule has 0 saturated carbocycles. The van der Waals surface area contributed by atoms with Crippen molar-refractivity contribution in [2.24, 2.45) is 0 Å². The van der Waals surface area contributed by atoms with Crippen molar-refractivity contribution in [1.29, 1.82) is 0 Å². The van der Waals surface area contributed by atoms with E-state index >= 15 is 0 Å². The van der Waals surface area contributed by atoms with E-state index in [4.69, 9.17) is 0 Å². The Labute approximate surface area is 102 Å². The summed E-state index contributed by atoms with van der Waals surface area (Å²) in [6.45, 7) is 4.47. The number of β-amino-alcohol motifs (C(OH)–C–C–N with tert-alkyl or cyclic N) is 1. The van der Waals surface area contributed by atoms with Crippen molar-refractivity contribution >= 4 is 5.91 Å². The first-order valence-corrected chi connectivity index (χ1v) is 6.18. The Morgan fingerprint density at radius 2 is 2.18 bits per heavy atom. The van der Waals surface area contributed by atoms with Crippen LogP contribution in [0.4, 0.5) is 0 Å². The molecule has 1 aromatic rings. The maximum Gasteiger partial charge on any atom is 0.254 e. The predicted molar refractivity (Wildman–Crippen MR) is 66.9 cm³/mol. The Kier molecular flexibility index (Phi) is 3.48. The number of hydrogen-bond acceptors (Lipinski definition) is 2. The van der Waals surface area contributed by atoms with E-state index in [1.54, 1.807) is 0 Å². The largest absolute Gasteiger partial charge is 0.391 e. The molecule has 17 heavy (non-hydrogen) atoms. The lowest BCUT2D eigenvalue weighted by Gasteiger charge is -2.24. The van der Waals surface area contributed by atoms with Crippen LogP contribution in [0.1, 0.15) is 35.7 Å². The summed E-state index contributed by atoms with van der Waals surface area (Å²) in [5.41, 5.74) is 1.74. The fourth-order valence-corrected chi connectivity index (χ4v) is 2.50. The highest BCUT2D eigenvalue weighted by Crippen LogP contribution is 2.23. The lowest BCUT2D eigenvalue weighted by atomic mass is 10.1. The number of aryl methyl sites for hydroxylation is 1. The number of likely N-dealkylation sites (tertiary alicyclic amines) is 1. The minimum atomic E-state index is -0.368. The second-order valence-electron chi connectivity index (χ2n) is 4.72. The summed E-state index contributed by atoms with van der Waals surface area (Å²) in [6, 6.07) is 7.79. The standard InChI is InChI=1S/C14H19NO2/c1-3-11-8-12(16)9-15(11)14(17)13-7-5-4-6-10(13)2/h4-7,11-12,16H,3,8-9H2,1-2H3/t11-,12-/m1/s1. The molecule has 2 atom stereocenters. The second kappa shape index (κ2) is 4.88. The van der Waals surface area contributed by atoms with Crippen molar-refractivity contribution in [2.45, 2.75) is 38.8 Å². The zero-order valence-electron chi connectivity index (χ0n) is 10.4. The van der Waals surface area contributed by atoms with Gasteiger partial charge in [0.05, 0.1) is 6.10 Å². The number of carbonyl (C=O) groups excluding carboxylic acids is 1. The van der Waals surface area contributed by atoms with Crippen LogP contribution in [0.5, 0.6) is 0 Å². The molecule has 1 heterocycles. The Bertz CT molecular complexity index is 416. The topological polar surface area (TPSA) is 40.5 Å². The van der Waals surface area contributed by atoms with Gasteiger partial charge in [-0.15, -0.1) is 0 Å². The third kappa shape index (κ3) is 2.34. The molecule has 2 rings (SSSR count). The summed E-state index contributed by atoms with van der Waals surface area (Å²) in [4.78, 5) is 14.2. The molecule has 1 aromatic carbocycles. The van der Waals surface area contributed by atoms with Crippen molar-refractivity contribution in [1.82, 2.24) is 4.90 Å². The molecule has 1 aliphatic rings. The highest BCUT2D eigenvalue weighted by molar-refractivity contribution is 5.96. The molecular weight excluding hydrogens is 214 g/mol. The molecule has 92 valence electrons. The molecule has 0 aromatic heterocycles. The Balaban J connectivity index is 2.23. The van der Waals surface area contributed by atoms with Gasteiger partial charge < -0.3 is 10.0 Å². The minimum Gasteiger partial charge on any atom is -0.391 e. The summed E-state index contributed by atoms with van der Waals surface area (Å²) in [5.74, 6) is 0.0477. The van der Waals surface area contributed by atoms with Gasteiger partial charge in [0.2, 0.25) is 0 Å². The van der Waals surface area contributed by atoms with Crippen LogP contribution in [0, 0.1) is 6.92 Å². The average molecular weight is 233 g/mol. The van der Waals surface area contributed by atoms with Crippen LogP contribution >= 0.6 is 0 Å². The summed E-state index contributed by atoms with van der Waals surface area (Å²) >= 11 is 0. The van der Waals surface area contributed by atoms with Crippen LogP contribution in [-0.4, -0.2) is 34.6 Å². The number of rotatable bonds is 2. The van der Waals surface area contributed by atoms with Gasteiger partial charge in [0, 0.05) is 18.2 Å². The number of aliphatic hydroxyl groups is 1. The van der Waals surface area contributed by atoms with Gasteiger partial charge in [-0.1, -0.05) is 25.1 Å². The summed E-state index contributed by atoms with van der Waals surface area (Å²) in [7, 11) is 0. The Morgan fingerprint density at radius 1 is 1.47 bits per heavy atom. The first kappa shape index (κ1) is 12.1. The van der Waals surface area contributed by atoms with Crippen molar-refractivity contribution in [3.8, 4) is 0 Å². The van der Waals surface area contributed by atoms with E-state index in [2.05, 4.69) is 6.92 Å². The minimum absolute atomic E-state index is 0.0477. The predicted octanol–water partition coefficient (Wildman–Crippen LogP) is 1.98. The normalized spacial score (nSPS) is 24.1. The zero-order valence-corrected chi connectivity index (χ0v) is 10.4. The third-order valence-corrected chi connectivity index (χ3v) is 3.50. The fraction of sp³-hybridized carbons (Fsp3) is 0.500. The van der Waals surface area contributed by atoms with Gasteiger partial charge >= 0.3 is 0 Å². The van der Waals surface area contributed by atoms with Crippen molar-refractivity contribution in [3.05, 3.63) is 35.4 Å². The van der Waals surface area contributed by atoms with E-state index in [-0.39, 0.29) is 18.1 Å². The molecule has 0 aliphatic carbocycles. The zero-order chi connectivity index (χ0) is 12.4. The van der Waals surface area contributed by atoms with Gasteiger partial charge in [-0.2, -0.15) is 0 Å². The van der Waals surface area contributed by atoms with Gasteiger partial charge in [0.15, 0.2) is 0 Å². The molecule has 0 radical (unpaired) electrons. The molecule has 1 saturated heterocycles. The Hall–Kier alpha value is -1.35. The van der Waals surface area contributed by atoms with E-state index in [0.717, 1.165) is 17.5 Å². The van der Waals surface area contributed by atoms with Gasteiger partial charge in [-0.3, -0.25) is 4.79 Å². The molecule has 0 spiro atoms. The molecule has 0 unspecified atom stereocenters. The first-order chi connectivity index (χ1) is 8.13. The van der Waals surface area contributed by atoms with Crippen molar-refractivity contribution < 1.29 is 9.90 Å². The van der Waals surface area contributed by atoms with E-state index in [9.17, 15) is 9.90 Å². The van der Waals surface area contributed by atoms with Crippen molar-refractivity contribution in [2.75, 3.05) is 6.54 Å². The molecule has 1 N–H and O–H groups in total. The molecule has 3 nitrogen and oxygen atoms in total. The van der Waals surface area contributed by atoms with Crippen LogP contribution in [-0.2, 0) is 0 Å². The average Bonchev–Trinajstić information content (AvgIpc) is 2.70. The van der Waals surface area contributed by atoms with Crippen LogP contribution < -0.4 is 0 Å². The van der Waals surface area contributed by atoms with Gasteiger partial charge in [0.25, 0.3) is 5.91 Å². The second-order valence-corrected chi connectivity index (χ2v) is 4.72. The third-order valence-electron chi connectivity index (χ3n) is 3.50. The van der Waals surface area contributed by atoms with Crippen LogP contribution in [0.2, 0.25) is 0 Å². The lowest BCUT2D eigenvalue weighted by Crippen LogP contribution is -2.36. The summed E-state index contributed by atoms with van der Waals surface area (Å²) in [5, 5.41) is 9.67. The monoisotopic (exact) mass is 233 g/mol. The highest BCUT2D eigenvalue weighted by atomic mass is 16.3. The van der Waals surface area contributed by atoms with Gasteiger partial charge in [0.1, 0.15) is 0 Å². The van der Waals surface area contributed by atoms with Crippen LogP contribution in [0.3, 0.4) is 0 Å². The number of carbonyl (C=O) groups is 1. The van der Waals surface area contributed by atoms with E-state index in [1.807, 2.05) is 36.1 Å². The summed E-state index contributed by atoms with van der Waals surface area (Å²) < 4.78 is 0. The molecule has 1 aliphatic heterocycles. The number of hydrogen-bond donors (Lipinski definition) is 1. The fourth-order valence-electron chi connectivity index (χ4n) is 2.50. The molecule has 3 heteroatoms. The lowest BCUT2D eigenvalue weighted by molar-refractivity contribution is 0.0713. The van der Waals surface area contributed by atoms with E-state index in [0.29, 0.717) is 13.0 Å². The SMILES string of the molecule is CC[C@@H]1C[C@@H](O)CN1C(=O)c1ccccc1C. The van der Waals surface area contributed by atoms with E-state index < -0.39 is 0 Å².